The predicted molar refractivity (Wildman–Crippen MR) is 112 cm³/mol. The van der Waals surface area contributed by atoms with Gasteiger partial charge in [-0.3, -0.25) is 0 Å². The largest absolute Gasteiger partial charge is 0.549 e. The first-order chi connectivity index (χ1) is 12.2. The molecule has 2 aromatic carbocycles. The van der Waals surface area contributed by atoms with Gasteiger partial charge < -0.3 is 14.2 Å². The molecular formula is C20H31NO2Si2. The fourth-order valence-electron chi connectivity index (χ4n) is 2.62. The highest BCUT2D eigenvalue weighted by Crippen LogP contribution is 2.13. The molecule has 0 amide bonds. The van der Waals surface area contributed by atoms with E-state index in [1.807, 2.05) is 0 Å². The van der Waals surface area contributed by atoms with Gasteiger partial charge in [0.2, 0.25) is 19.5 Å². The maximum absolute atomic E-state index is 5.90. The van der Waals surface area contributed by atoms with Crippen molar-refractivity contribution in [3.8, 4) is 11.5 Å². The Labute approximate surface area is 157 Å². The van der Waals surface area contributed by atoms with Crippen molar-refractivity contribution in [1.29, 1.82) is 0 Å². The molecule has 2 rings (SSSR count). The maximum atomic E-state index is 5.90. The molecule has 0 saturated carbocycles. The Bertz CT molecular complexity index is 569. The average Bonchev–Trinajstić information content (AvgIpc) is 2.60. The van der Waals surface area contributed by atoms with Crippen molar-refractivity contribution < 1.29 is 8.85 Å². The highest BCUT2D eigenvalue weighted by molar-refractivity contribution is 6.28. The van der Waals surface area contributed by atoms with E-state index in [0.717, 1.165) is 24.6 Å². The van der Waals surface area contributed by atoms with Crippen molar-refractivity contribution in [2.45, 2.75) is 38.8 Å². The molecule has 0 heterocycles. The summed E-state index contributed by atoms with van der Waals surface area (Å²) in [5.41, 5.74) is 2.53. The van der Waals surface area contributed by atoms with Crippen LogP contribution in [0.5, 0.6) is 11.5 Å². The third kappa shape index (κ3) is 8.90. The second-order valence-electron chi connectivity index (χ2n) is 6.49. The van der Waals surface area contributed by atoms with E-state index in [9.17, 15) is 0 Å². The Morgan fingerprint density at radius 2 is 1.24 bits per heavy atom. The molecule has 0 unspecified atom stereocenters. The highest BCUT2D eigenvalue weighted by atomic mass is 28.2. The van der Waals surface area contributed by atoms with Crippen LogP contribution in [-0.4, -0.2) is 32.6 Å². The van der Waals surface area contributed by atoms with Gasteiger partial charge in [-0.15, -0.1) is 0 Å². The van der Waals surface area contributed by atoms with Gasteiger partial charge in [0.25, 0.3) is 0 Å². The molecule has 0 aliphatic heterocycles. The number of benzene rings is 2. The summed E-state index contributed by atoms with van der Waals surface area (Å²) in [5, 5.41) is 3.53. The van der Waals surface area contributed by atoms with Crippen LogP contribution in [-0.2, 0) is 0 Å². The van der Waals surface area contributed by atoms with Gasteiger partial charge in [-0.05, 0) is 87.3 Å². The first-order valence-corrected chi connectivity index (χ1v) is 12.5. The summed E-state index contributed by atoms with van der Waals surface area (Å²) in [4.78, 5) is 0. The van der Waals surface area contributed by atoms with Gasteiger partial charge in [-0.2, -0.15) is 0 Å². The number of rotatable bonds is 12. The molecule has 0 aliphatic rings. The Morgan fingerprint density at radius 3 is 1.68 bits per heavy atom. The number of hydrogen-bond acceptors (Lipinski definition) is 3. The molecule has 0 bridgehead atoms. The van der Waals surface area contributed by atoms with Crippen molar-refractivity contribution in [3.05, 3.63) is 59.7 Å². The minimum atomic E-state index is -0.437. The van der Waals surface area contributed by atoms with Gasteiger partial charge in [0.05, 0.1) is 0 Å². The molecule has 3 nitrogen and oxygen atoms in total. The highest BCUT2D eigenvalue weighted by Gasteiger charge is 1.97. The van der Waals surface area contributed by atoms with E-state index >= 15 is 0 Å². The number of hydrogen-bond donors (Lipinski definition) is 1. The van der Waals surface area contributed by atoms with Crippen LogP contribution in [0.2, 0.25) is 12.1 Å². The van der Waals surface area contributed by atoms with E-state index in [-0.39, 0.29) is 0 Å². The lowest BCUT2D eigenvalue weighted by atomic mass is 10.2. The minimum absolute atomic E-state index is 0.437. The van der Waals surface area contributed by atoms with E-state index in [4.69, 9.17) is 8.85 Å². The zero-order chi connectivity index (χ0) is 17.7. The van der Waals surface area contributed by atoms with Gasteiger partial charge in [0, 0.05) is 0 Å². The predicted octanol–water partition coefficient (Wildman–Crippen LogP) is 3.14. The maximum Gasteiger partial charge on any atom is 0.219 e. The standard InChI is InChI=1S/C20H31NO2Si2/c1-17-7-3-9-19(15-17)22-24-13-5-11-21-12-6-14-25-23-20-10-4-8-18(2)16-20/h3-4,7-10,15-16,21H,5-6,11-14,24-25H2,1-2H3. The van der Waals surface area contributed by atoms with Crippen LogP contribution in [0, 0.1) is 13.8 Å². The van der Waals surface area contributed by atoms with Crippen LogP contribution in [0.1, 0.15) is 24.0 Å². The Kier molecular flexibility index (Phi) is 9.40. The Hall–Kier alpha value is -1.57. The van der Waals surface area contributed by atoms with Crippen molar-refractivity contribution in [2.24, 2.45) is 0 Å². The molecule has 136 valence electrons. The van der Waals surface area contributed by atoms with Gasteiger partial charge in [0.1, 0.15) is 11.5 Å². The van der Waals surface area contributed by atoms with Crippen LogP contribution in [0.4, 0.5) is 0 Å². The summed E-state index contributed by atoms with van der Waals surface area (Å²) < 4.78 is 11.8. The summed E-state index contributed by atoms with van der Waals surface area (Å²) in [6.07, 6.45) is 2.44. The van der Waals surface area contributed by atoms with E-state index in [1.54, 1.807) is 0 Å². The Morgan fingerprint density at radius 1 is 0.760 bits per heavy atom. The molecule has 1 N–H and O–H groups in total. The monoisotopic (exact) mass is 373 g/mol. The zero-order valence-electron chi connectivity index (χ0n) is 15.6. The third-order valence-corrected chi connectivity index (χ3v) is 6.66. The van der Waals surface area contributed by atoms with Gasteiger partial charge in [-0.1, -0.05) is 24.3 Å². The zero-order valence-corrected chi connectivity index (χ0v) is 18.4. The summed E-state index contributed by atoms with van der Waals surface area (Å²) in [6.45, 7) is 6.41. The SMILES string of the molecule is Cc1cccc(O[SiH2]CCCNCCC[SiH2]Oc2cccc(C)c2)c1. The van der Waals surface area contributed by atoms with E-state index in [0.29, 0.717) is 0 Å². The van der Waals surface area contributed by atoms with Crippen LogP contribution in [0.3, 0.4) is 0 Å². The first kappa shape index (κ1) is 19.8. The molecule has 0 aromatic heterocycles. The summed E-state index contributed by atoms with van der Waals surface area (Å²) in [7, 11) is -0.874. The van der Waals surface area contributed by atoms with Gasteiger partial charge in [-0.25, -0.2) is 0 Å². The number of aryl methyl sites for hydroxylation is 2. The van der Waals surface area contributed by atoms with Crippen molar-refractivity contribution in [1.82, 2.24) is 5.32 Å². The molecule has 0 aliphatic carbocycles. The molecule has 2 aromatic rings. The molecular weight excluding hydrogens is 342 g/mol. The lowest BCUT2D eigenvalue weighted by Gasteiger charge is -2.08. The average molecular weight is 374 g/mol. The number of nitrogens with one attached hydrogen (secondary N) is 1. The molecule has 0 spiro atoms. The van der Waals surface area contributed by atoms with E-state index in [2.05, 4.69) is 67.7 Å². The van der Waals surface area contributed by atoms with Crippen LogP contribution in [0.15, 0.2) is 48.5 Å². The van der Waals surface area contributed by atoms with Crippen molar-refractivity contribution >= 4 is 19.5 Å². The smallest absolute Gasteiger partial charge is 0.219 e. The van der Waals surface area contributed by atoms with E-state index in [1.165, 1.54) is 36.1 Å². The molecule has 5 heteroatoms. The Balaban J connectivity index is 1.38. The first-order valence-electron chi connectivity index (χ1n) is 9.34. The molecule has 25 heavy (non-hydrogen) atoms. The lowest BCUT2D eigenvalue weighted by molar-refractivity contribution is 0.575. The van der Waals surface area contributed by atoms with Gasteiger partial charge >= 0.3 is 0 Å². The van der Waals surface area contributed by atoms with Crippen LogP contribution in [0.25, 0.3) is 0 Å². The molecule has 0 saturated heterocycles. The summed E-state index contributed by atoms with van der Waals surface area (Å²) in [5.74, 6) is 2.08. The van der Waals surface area contributed by atoms with Crippen LogP contribution >= 0.6 is 0 Å². The van der Waals surface area contributed by atoms with Gasteiger partial charge in [0.15, 0.2) is 0 Å². The summed E-state index contributed by atoms with van der Waals surface area (Å²) >= 11 is 0. The normalized spacial score (nSPS) is 11.6. The fourth-order valence-corrected chi connectivity index (χ4v) is 4.65. The topological polar surface area (TPSA) is 30.5 Å². The quantitative estimate of drug-likeness (QED) is 0.458. The fraction of sp³-hybridized carbons (Fsp3) is 0.400. The second kappa shape index (κ2) is 11.9. The lowest BCUT2D eigenvalue weighted by Crippen LogP contribution is -2.18. The van der Waals surface area contributed by atoms with E-state index < -0.39 is 19.5 Å². The molecule has 0 fully saturated rings. The summed E-state index contributed by atoms with van der Waals surface area (Å²) in [6, 6.07) is 19.1. The van der Waals surface area contributed by atoms with Crippen molar-refractivity contribution in [3.63, 3.8) is 0 Å². The van der Waals surface area contributed by atoms with Crippen molar-refractivity contribution in [2.75, 3.05) is 13.1 Å². The van der Waals surface area contributed by atoms with Crippen LogP contribution < -0.4 is 14.2 Å². The minimum Gasteiger partial charge on any atom is -0.549 e. The third-order valence-electron chi connectivity index (χ3n) is 4.01. The second-order valence-corrected chi connectivity index (χ2v) is 9.30. The molecule has 0 radical (unpaired) electrons. The molecule has 0 atom stereocenters.